The third-order valence-corrected chi connectivity index (χ3v) is 4.35. The van der Waals surface area contributed by atoms with Crippen LogP contribution in [0.3, 0.4) is 0 Å². The number of rotatable bonds is 5. The van der Waals surface area contributed by atoms with Gasteiger partial charge < -0.3 is 10.1 Å². The van der Waals surface area contributed by atoms with E-state index in [0.717, 1.165) is 18.7 Å². The smallest absolute Gasteiger partial charge is 0.118 e. The van der Waals surface area contributed by atoms with Crippen molar-refractivity contribution in [1.82, 2.24) is 5.32 Å². The molecule has 2 nitrogen and oxygen atoms in total. The molecular formula is C19H24ClNO. The normalized spacial score (nSPS) is 16.5. The molecular weight excluding hydrogens is 294 g/mol. The van der Waals surface area contributed by atoms with Crippen molar-refractivity contribution in [2.24, 2.45) is 0 Å². The van der Waals surface area contributed by atoms with Crippen LogP contribution >= 0.6 is 12.4 Å². The Labute approximate surface area is 139 Å². The number of halogens is 1. The summed E-state index contributed by atoms with van der Waals surface area (Å²) in [5.74, 6) is 0.926. The Kier molecular flexibility index (Phi) is 6.29. The van der Waals surface area contributed by atoms with Crippen molar-refractivity contribution in [2.75, 3.05) is 13.7 Å². The highest BCUT2D eigenvalue weighted by atomic mass is 35.5. The van der Waals surface area contributed by atoms with Crippen molar-refractivity contribution in [3.05, 3.63) is 65.2 Å². The number of hydrogen-bond acceptors (Lipinski definition) is 2. The lowest BCUT2D eigenvalue weighted by molar-refractivity contribution is 0.414. The van der Waals surface area contributed by atoms with Gasteiger partial charge in [-0.3, -0.25) is 0 Å². The van der Waals surface area contributed by atoms with Crippen molar-refractivity contribution in [1.29, 1.82) is 0 Å². The van der Waals surface area contributed by atoms with Crippen LogP contribution in [0.15, 0.2) is 48.5 Å². The van der Waals surface area contributed by atoms with E-state index < -0.39 is 0 Å². The summed E-state index contributed by atoms with van der Waals surface area (Å²) in [5, 5.41) is 3.71. The monoisotopic (exact) mass is 317 g/mol. The zero-order valence-electron chi connectivity index (χ0n) is 13.0. The standard InChI is InChI=1S/C19H23NO.ClH/c1-21-19-10-6-15(7-11-19)12-13-20-18-9-8-16-4-2-3-5-17(16)14-18;/h2-7,10-11,18,20H,8-9,12-14H2,1H3;1H. The van der Waals surface area contributed by atoms with Gasteiger partial charge in [0.05, 0.1) is 7.11 Å². The molecule has 1 aliphatic rings. The first-order chi connectivity index (χ1) is 10.3. The van der Waals surface area contributed by atoms with Crippen molar-refractivity contribution >= 4 is 12.4 Å². The Morgan fingerprint density at radius 1 is 1.05 bits per heavy atom. The molecule has 0 aliphatic heterocycles. The maximum atomic E-state index is 5.19. The van der Waals surface area contributed by atoms with Crippen LogP contribution in [0.1, 0.15) is 23.1 Å². The zero-order chi connectivity index (χ0) is 14.5. The highest BCUT2D eigenvalue weighted by Gasteiger charge is 2.17. The number of methoxy groups -OCH3 is 1. The molecule has 3 rings (SSSR count). The second-order valence-corrected chi connectivity index (χ2v) is 5.76. The quantitative estimate of drug-likeness (QED) is 0.905. The minimum absolute atomic E-state index is 0. The molecule has 1 atom stereocenters. The zero-order valence-corrected chi connectivity index (χ0v) is 13.9. The topological polar surface area (TPSA) is 21.3 Å². The predicted octanol–water partition coefficient (Wildman–Crippen LogP) is 3.81. The molecule has 22 heavy (non-hydrogen) atoms. The van der Waals surface area contributed by atoms with Gasteiger partial charge in [-0.25, -0.2) is 0 Å². The summed E-state index contributed by atoms with van der Waals surface area (Å²) in [7, 11) is 1.71. The average Bonchev–Trinajstić information content (AvgIpc) is 2.55. The van der Waals surface area contributed by atoms with Gasteiger partial charge in [0.1, 0.15) is 5.75 Å². The summed E-state index contributed by atoms with van der Waals surface area (Å²) in [6.07, 6.45) is 4.69. The fourth-order valence-electron chi connectivity index (χ4n) is 3.08. The lowest BCUT2D eigenvalue weighted by Gasteiger charge is -2.25. The number of benzene rings is 2. The first kappa shape index (κ1) is 16.9. The van der Waals surface area contributed by atoms with Crippen molar-refractivity contribution in [2.45, 2.75) is 31.7 Å². The van der Waals surface area contributed by atoms with E-state index in [-0.39, 0.29) is 12.4 Å². The van der Waals surface area contributed by atoms with Crippen molar-refractivity contribution < 1.29 is 4.74 Å². The van der Waals surface area contributed by atoms with Crippen molar-refractivity contribution in [3.63, 3.8) is 0 Å². The molecule has 0 heterocycles. The van der Waals surface area contributed by atoms with Gasteiger partial charge in [0.25, 0.3) is 0 Å². The molecule has 1 N–H and O–H groups in total. The molecule has 0 amide bonds. The molecule has 0 saturated heterocycles. The lowest BCUT2D eigenvalue weighted by Crippen LogP contribution is -2.35. The summed E-state index contributed by atoms with van der Waals surface area (Å²) >= 11 is 0. The third kappa shape index (κ3) is 4.25. The summed E-state index contributed by atoms with van der Waals surface area (Å²) in [6, 6.07) is 17.8. The van der Waals surface area contributed by atoms with Gasteiger partial charge >= 0.3 is 0 Å². The predicted molar refractivity (Wildman–Crippen MR) is 94.2 cm³/mol. The molecule has 3 heteroatoms. The molecule has 0 fully saturated rings. The molecule has 2 aromatic rings. The molecule has 1 aliphatic carbocycles. The Morgan fingerprint density at radius 3 is 2.50 bits per heavy atom. The average molecular weight is 318 g/mol. The van der Waals surface area contributed by atoms with E-state index >= 15 is 0 Å². The van der Waals surface area contributed by atoms with Crippen LogP contribution in [0, 0.1) is 0 Å². The first-order valence-electron chi connectivity index (χ1n) is 7.78. The highest BCUT2D eigenvalue weighted by Crippen LogP contribution is 2.21. The summed E-state index contributed by atoms with van der Waals surface area (Å²) in [6.45, 7) is 1.04. The van der Waals surface area contributed by atoms with E-state index in [2.05, 4.69) is 41.7 Å². The van der Waals surface area contributed by atoms with Crippen molar-refractivity contribution in [3.8, 4) is 5.75 Å². The van der Waals surface area contributed by atoms with E-state index in [9.17, 15) is 0 Å². The molecule has 1 unspecified atom stereocenters. The molecule has 0 aromatic heterocycles. The minimum Gasteiger partial charge on any atom is -0.497 e. The number of ether oxygens (including phenoxy) is 1. The van der Waals surface area contributed by atoms with E-state index in [1.807, 2.05) is 12.1 Å². The number of fused-ring (bicyclic) bond motifs is 1. The van der Waals surface area contributed by atoms with E-state index in [4.69, 9.17) is 4.74 Å². The molecule has 0 radical (unpaired) electrons. The van der Waals surface area contributed by atoms with Gasteiger partial charge in [-0.05, 0) is 61.1 Å². The largest absolute Gasteiger partial charge is 0.497 e. The SMILES string of the molecule is COc1ccc(CCNC2CCc3ccccc3C2)cc1.Cl. The number of hydrogen-bond donors (Lipinski definition) is 1. The fraction of sp³-hybridized carbons (Fsp3) is 0.368. The fourth-order valence-corrected chi connectivity index (χ4v) is 3.08. The van der Waals surface area contributed by atoms with Gasteiger partial charge in [-0.2, -0.15) is 0 Å². The first-order valence-corrected chi connectivity index (χ1v) is 7.78. The van der Waals surface area contributed by atoms with Crippen LogP contribution in [0.2, 0.25) is 0 Å². The maximum absolute atomic E-state index is 5.19. The second kappa shape index (κ2) is 8.21. The van der Waals surface area contributed by atoms with Gasteiger partial charge in [-0.15, -0.1) is 12.4 Å². The van der Waals surface area contributed by atoms with Gasteiger partial charge in [-0.1, -0.05) is 36.4 Å². The highest BCUT2D eigenvalue weighted by molar-refractivity contribution is 5.85. The Hall–Kier alpha value is -1.51. The van der Waals surface area contributed by atoms with E-state index in [1.54, 1.807) is 7.11 Å². The van der Waals surface area contributed by atoms with Crippen LogP contribution in [0.25, 0.3) is 0 Å². The Balaban J connectivity index is 0.00000176. The number of nitrogens with one attached hydrogen (secondary N) is 1. The molecule has 0 saturated carbocycles. The second-order valence-electron chi connectivity index (χ2n) is 5.76. The summed E-state index contributed by atoms with van der Waals surface area (Å²) in [4.78, 5) is 0. The van der Waals surface area contributed by atoms with Crippen LogP contribution in [-0.4, -0.2) is 19.7 Å². The van der Waals surface area contributed by atoms with Crippen LogP contribution < -0.4 is 10.1 Å². The van der Waals surface area contributed by atoms with Gasteiger partial charge in [0.2, 0.25) is 0 Å². The Morgan fingerprint density at radius 2 is 1.77 bits per heavy atom. The lowest BCUT2D eigenvalue weighted by atomic mass is 9.88. The van der Waals surface area contributed by atoms with Crippen LogP contribution in [0.4, 0.5) is 0 Å². The van der Waals surface area contributed by atoms with E-state index in [0.29, 0.717) is 6.04 Å². The van der Waals surface area contributed by atoms with E-state index in [1.165, 1.54) is 36.0 Å². The number of aryl methyl sites for hydroxylation is 1. The third-order valence-electron chi connectivity index (χ3n) is 4.35. The minimum atomic E-state index is 0. The van der Waals surface area contributed by atoms with Gasteiger partial charge in [0, 0.05) is 6.04 Å². The van der Waals surface area contributed by atoms with Crippen LogP contribution in [0.5, 0.6) is 5.75 Å². The summed E-state index contributed by atoms with van der Waals surface area (Å²) in [5.41, 5.74) is 4.41. The van der Waals surface area contributed by atoms with Crippen LogP contribution in [-0.2, 0) is 19.3 Å². The summed E-state index contributed by atoms with van der Waals surface area (Å²) < 4.78 is 5.19. The molecule has 2 aromatic carbocycles. The maximum Gasteiger partial charge on any atom is 0.118 e. The molecule has 0 spiro atoms. The van der Waals surface area contributed by atoms with Gasteiger partial charge in [0.15, 0.2) is 0 Å². The Bertz CT molecular complexity index is 582. The molecule has 0 bridgehead atoms. The molecule has 118 valence electrons.